The molecule has 1 aromatic carbocycles. The van der Waals surface area contributed by atoms with Crippen molar-refractivity contribution < 1.29 is 23.8 Å². The van der Waals surface area contributed by atoms with Crippen molar-refractivity contribution >= 4 is 22.8 Å². The molecule has 1 heterocycles. The first-order valence-electron chi connectivity index (χ1n) is 7.83. The zero-order valence-corrected chi connectivity index (χ0v) is 14.0. The molecule has 7 heteroatoms. The van der Waals surface area contributed by atoms with E-state index in [1.165, 1.54) is 13.0 Å². The largest absolute Gasteiger partial charge is 0.618 e. The molecule has 0 aliphatic heterocycles. The Balaban J connectivity index is 2.47. The van der Waals surface area contributed by atoms with E-state index in [0.29, 0.717) is 29.0 Å². The quantitative estimate of drug-likeness (QED) is 0.334. The van der Waals surface area contributed by atoms with Crippen molar-refractivity contribution in [2.45, 2.75) is 40.2 Å². The predicted molar refractivity (Wildman–Crippen MR) is 86.6 cm³/mol. The van der Waals surface area contributed by atoms with Crippen molar-refractivity contribution in [3.8, 4) is 5.75 Å². The molecule has 0 saturated carbocycles. The second-order valence-electron chi connectivity index (χ2n) is 5.25. The van der Waals surface area contributed by atoms with Crippen molar-refractivity contribution in [3.05, 3.63) is 34.8 Å². The van der Waals surface area contributed by atoms with Crippen LogP contribution in [0.2, 0.25) is 0 Å². The molecule has 2 rings (SSSR count). The molecule has 0 fully saturated rings. The summed E-state index contributed by atoms with van der Waals surface area (Å²) in [5, 5.41) is 12.6. The first-order chi connectivity index (χ1) is 11.5. The Labute approximate surface area is 139 Å². The zero-order chi connectivity index (χ0) is 17.7. The van der Waals surface area contributed by atoms with Crippen LogP contribution < -0.4 is 9.47 Å². The van der Waals surface area contributed by atoms with Gasteiger partial charge in [0, 0.05) is 13.3 Å². The Hall–Kier alpha value is -2.70. The van der Waals surface area contributed by atoms with Crippen molar-refractivity contribution in [1.82, 2.24) is 4.98 Å². The number of carbonyl (C=O) groups is 2. The lowest BCUT2D eigenvalue weighted by Crippen LogP contribution is -2.37. The number of carbonyl (C=O) groups excluding carboxylic acids is 2. The monoisotopic (exact) mass is 332 g/mol. The third-order valence-corrected chi connectivity index (χ3v) is 3.37. The highest BCUT2D eigenvalue weighted by atomic mass is 16.5. The highest BCUT2D eigenvalue weighted by molar-refractivity contribution is 5.93. The van der Waals surface area contributed by atoms with Crippen LogP contribution in [0, 0.1) is 5.21 Å². The van der Waals surface area contributed by atoms with Gasteiger partial charge in [0.1, 0.15) is 17.9 Å². The van der Waals surface area contributed by atoms with Crippen LogP contribution >= 0.6 is 0 Å². The lowest BCUT2D eigenvalue weighted by molar-refractivity contribution is -0.580. The van der Waals surface area contributed by atoms with Gasteiger partial charge in [-0.15, -0.1) is 0 Å². The summed E-state index contributed by atoms with van der Waals surface area (Å²) < 4.78 is 11.0. The minimum atomic E-state index is -0.442. The minimum absolute atomic E-state index is 0.125. The van der Waals surface area contributed by atoms with Crippen LogP contribution in [0.3, 0.4) is 0 Å². The molecule has 7 nitrogen and oxygen atoms in total. The molecule has 0 unspecified atom stereocenters. The van der Waals surface area contributed by atoms with E-state index < -0.39 is 11.8 Å². The lowest BCUT2D eigenvalue weighted by atomic mass is 10.2. The fourth-order valence-corrected chi connectivity index (χ4v) is 2.32. The molecule has 2 aromatic rings. The molecule has 0 N–H and O–H groups in total. The van der Waals surface area contributed by atoms with Gasteiger partial charge in [0.15, 0.2) is 5.69 Å². The maximum absolute atomic E-state index is 12.6. The predicted octanol–water partition coefficient (Wildman–Crippen LogP) is 2.31. The topological polar surface area (TPSA) is 92.4 Å². The fourth-order valence-electron chi connectivity index (χ4n) is 2.32. The van der Waals surface area contributed by atoms with Crippen LogP contribution in [-0.4, -0.2) is 23.3 Å². The molecule has 0 bridgehead atoms. The van der Waals surface area contributed by atoms with Gasteiger partial charge < -0.3 is 14.7 Å². The number of ketones is 1. The van der Waals surface area contributed by atoms with Crippen LogP contribution in [0.1, 0.15) is 49.8 Å². The maximum atomic E-state index is 12.6. The summed E-state index contributed by atoms with van der Waals surface area (Å²) in [5.74, 6) is -0.311. The molecule has 0 radical (unpaired) electrons. The van der Waals surface area contributed by atoms with Crippen molar-refractivity contribution in [1.29, 1.82) is 0 Å². The zero-order valence-electron chi connectivity index (χ0n) is 14.0. The third kappa shape index (κ3) is 3.79. The van der Waals surface area contributed by atoms with Gasteiger partial charge in [-0.1, -0.05) is 6.92 Å². The normalized spacial score (nSPS) is 10.6. The smallest absolute Gasteiger partial charge is 0.306 e. The SMILES string of the molecule is CCCC(=O)OCc1nc2ccc(OCC)cc2[n+]([O-])c1C(C)=O. The van der Waals surface area contributed by atoms with E-state index in [2.05, 4.69) is 4.98 Å². The Kier molecular flexibility index (Phi) is 5.68. The number of nitrogens with zero attached hydrogens (tertiary/aromatic N) is 2. The van der Waals surface area contributed by atoms with Crippen LogP contribution in [0.5, 0.6) is 5.75 Å². The van der Waals surface area contributed by atoms with Crippen molar-refractivity contribution in [2.24, 2.45) is 0 Å². The molecule has 0 aliphatic rings. The summed E-state index contributed by atoms with van der Waals surface area (Å²) in [7, 11) is 0. The molecular formula is C17H20N2O5. The van der Waals surface area contributed by atoms with Crippen LogP contribution in [0.25, 0.3) is 11.0 Å². The molecule has 0 aliphatic carbocycles. The summed E-state index contributed by atoms with van der Waals surface area (Å²) in [4.78, 5) is 27.7. The van der Waals surface area contributed by atoms with E-state index in [4.69, 9.17) is 9.47 Å². The average Bonchev–Trinajstić information content (AvgIpc) is 2.53. The molecule has 24 heavy (non-hydrogen) atoms. The Morgan fingerprint density at radius 3 is 2.67 bits per heavy atom. The Bertz CT molecular complexity index is 773. The summed E-state index contributed by atoms with van der Waals surface area (Å²) in [6, 6.07) is 4.87. The number of esters is 1. The van der Waals surface area contributed by atoms with E-state index in [0.717, 1.165) is 0 Å². The first-order valence-corrected chi connectivity index (χ1v) is 7.83. The number of benzene rings is 1. The number of fused-ring (bicyclic) bond motifs is 1. The van der Waals surface area contributed by atoms with Crippen LogP contribution in [0.4, 0.5) is 0 Å². The standard InChI is InChI=1S/C17H20N2O5/c1-4-6-16(21)24-10-14-17(11(3)20)19(22)15-9-12(23-5-2)7-8-13(15)18-14/h7-9H,4-6,10H2,1-3H3. The molecule has 128 valence electrons. The number of hydrogen-bond donors (Lipinski definition) is 0. The summed E-state index contributed by atoms with van der Waals surface area (Å²) in [5.41, 5.74) is 0.661. The fraction of sp³-hybridized carbons (Fsp3) is 0.412. The van der Waals surface area contributed by atoms with E-state index in [-0.39, 0.29) is 29.9 Å². The first kappa shape index (κ1) is 17.7. The number of Topliss-reactive ketones (excluding diaryl/α,β-unsaturated/α-hetero) is 1. The number of rotatable bonds is 7. The number of aromatic nitrogens is 2. The van der Waals surface area contributed by atoms with E-state index in [9.17, 15) is 14.8 Å². The maximum Gasteiger partial charge on any atom is 0.306 e. The minimum Gasteiger partial charge on any atom is -0.618 e. The number of hydrogen-bond acceptors (Lipinski definition) is 6. The second-order valence-corrected chi connectivity index (χ2v) is 5.25. The van der Waals surface area contributed by atoms with Gasteiger partial charge in [0.05, 0.1) is 12.7 Å². The van der Waals surface area contributed by atoms with Gasteiger partial charge in [0.2, 0.25) is 11.3 Å². The molecular weight excluding hydrogens is 312 g/mol. The van der Waals surface area contributed by atoms with Gasteiger partial charge in [0.25, 0.3) is 5.69 Å². The molecule has 0 atom stereocenters. The molecule has 0 saturated heterocycles. The highest BCUT2D eigenvalue weighted by Crippen LogP contribution is 2.19. The van der Waals surface area contributed by atoms with Crippen LogP contribution in [0.15, 0.2) is 18.2 Å². The highest BCUT2D eigenvalue weighted by Gasteiger charge is 2.24. The molecule has 0 spiro atoms. The van der Waals surface area contributed by atoms with Gasteiger partial charge in [-0.2, -0.15) is 4.73 Å². The summed E-state index contributed by atoms with van der Waals surface area (Å²) in [6.45, 7) is 5.23. The van der Waals surface area contributed by atoms with E-state index in [1.54, 1.807) is 12.1 Å². The van der Waals surface area contributed by atoms with Gasteiger partial charge in [-0.05, 0) is 25.5 Å². The molecule has 1 aromatic heterocycles. The van der Waals surface area contributed by atoms with Crippen LogP contribution in [-0.2, 0) is 16.1 Å². The van der Waals surface area contributed by atoms with Crippen molar-refractivity contribution in [3.63, 3.8) is 0 Å². The van der Waals surface area contributed by atoms with Gasteiger partial charge in [-0.25, -0.2) is 4.98 Å². The van der Waals surface area contributed by atoms with E-state index in [1.807, 2.05) is 13.8 Å². The average molecular weight is 332 g/mol. The summed E-state index contributed by atoms with van der Waals surface area (Å²) in [6.07, 6.45) is 0.934. The Morgan fingerprint density at radius 1 is 1.29 bits per heavy atom. The van der Waals surface area contributed by atoms with Gasteiger partial charge >= 0.3 is 5.97 Å². The van der Waals surface area contributed by atoms with Gasteiger partial charge in [-0.3, -0.25) is 9.59 Å². The Morgan fingerprint density at radius 2 is 2.04 bits per heavy atom. The van der Waals surface area contributed by atoms with E-state index >= 15 is 0 Å². The molecule has 0 amide bonds. The third-order valence-electron chi connectivity index (χ3n) is 3.37. The van der Waals surface area contributed by atoms with Crippen molar-refractivity contribution in [2.75, 3.05) is 6.61 Å². The lowest BCUT2D eigenvalue weighted by Gasteiger charge is -2.11. The summed E-state index contributed by atoms with van der Waals surface area (Å²) >= 11 is 0. The second kappa shape index (κ2) is 7.72. The number of ether oxygens (including phenoxy) is 2.